The molecular weight excluding hydrogens is 394 g/mol. The molecule has 0 unspecified atom stereocenters. The number of benzene rings is 3. The second kappa shape index (κ2) is 9.12. The van der Waals surface area contributed by atoms with Gasteiger partial charge in [0.2, 0.25) is 5.78 Å². The van der Waals surface area contributed by atoms with Crippen molar-refractivity contribution in [2.24, 2.45) is 0 Å². The highest BCUT2D eigenvalue weighted by Gasteiger charge is 2.26. The van der Waals surface area contributed by atoms with Crippen LogP contribution in [0.3, 0.4) is 0 Å². The van der Waals surface area contributed by atoms with Gasteiger partial charge in [0.1, 0.15) is 0 Å². The van der Waals surface area contributed by atoms with Crippen molar-refractivity contribution < 1.29 is 19.2 Å². The molecule has 0 heterocycles. The monoisotopic (exact) mass is 409 g/mol. The summed E-state index contributed by atoms with van der Waals surface area (Å²) in [6.07, 6.45) is -1.25. The summed E-state index contributed by atoms with van der Waals surface area (Å²) in [6.45, 7) is 0. The van der Waals surface area contributed by atoms with Crippen LogP contribution in [-0.2, 0) is 16.0 Å². The van der Waals surface area contributed by atoms with E-state index in [9.17, 15) is 19.7 Å². The summed E-state index contributed by atoms with van der Waals surface area (Å²) in [6, 6.07) is 20.5. The van der Waals surface area contributed by atoms with E-state index in [1.807, 2.05) is 0 Å². The molecule has 146 valence electrons. The van der Waals surface area contributed by atoms with Crippen LogP contribution in [0.25, 0.3) is 0 Å². The summed E-state index contributed by atoms with van der Waals surface area (Å²) >= 11 is 5.85. The average molecular weight is 410 g/mol. The summed E-state index contributed by atoms with van der Waals surface area (Å²) in [7, 11) is 0. The molecule has 0 aromatic heterocycles. The fraction of sp³-hybridized carbons (Fsp3) is 0.0909. The van der Waals surface area contributed by atoms with Gasteiger partial charge in [0.05, 0.1) is 11.3 Å². The van der Waals surface area contributed by atoms with Crippen molar-refractivity contribution in [1.29, 1.82) is 0 Å². The summed E-state index contributed by atoms with van der Waals surface area (Å²) < 4.78 is 5.50. The molecule has 3 aromatic rings. The van der Waals surface area contributed by atoms with Crippen molar-refractivity contribution in [3.8, 4) is 0 Å². The fourth-order valence-electron chi connectivity index (χ4n) is 2.74. The van der Waals surface area contributed by atoms with E-state index in [1.165, 1.54) is 24.3 Å². The highest BCUT2D eigenvalue weighted by atomic mass is 35.5. The predicted molar refractivity (Wildman–Crippen MR) is 108 cm³/mol. The number of ketones is 1. The van der Waals surface area contributed by atoms with E-state index in [-0.39, 0.29) is 12.1 Å². The minimum Gasteiger partial charge on any atom is -0.449 e. The molecule has 3 rings (SSSR count). The van der Waals surface area contributed by atoms with Crippen molar-refractivity contribution >= 4 is 29.0 Å². The Bertz CT molecular complexity index is 1020. The lowest BCUT2D eigenvalue weighted by Crippen LogP contribution is -2.21. The van der Waals surface area contributed by atoms with Gasteiger partial charge in [-0.2, -0.15) is 0 Å². The lowest BCUT2D eigenvalue weighted by atomic mass is 9.99. The molecule has 0 radical (unpaired) electrons. The van der Waals surface area contributed by atoms with E-state index < -0.39 is 22.8 Å². The lowest BCUT2D eigenvalue weighted by molar-refractivity contribution is -0.384. The van der Waals surface area contributed by atoms with Crippen LogP contribution in [0.4, 0.5) is 5.69 Å². The number of hydrogen-bond donors (Lipinski definition) is 0. The summed E-state index contributed by atoms with van der Waals surface area (Å²) in [4.78, 5) is 35.8. The second-order valence-electron chi connectivity index (χ2n) is 6.25. The van der Waals surface area contributed by atoms with Gasteiger partial charge in [-0.15, -0.1) is 0 Å². The Morgan fingerprint density at radius 3 is 2.14 bits per heavy atom. The minimum atomic E-state index is -1.21. The SMILES string of the molecule is O=C(Cc1ccc(Cl)cc1)O[C@H](C(=O)c1ccccc1)c1ccc([N+](=O)[O-])cc1. The largest absolute Gasteiger partial charge is 0.449 e. The van der Waals surface area contributed by atoms with Crippen LogP contribution in [-0.4, -0.2) is 16.7 Å². The van der Waals surface area contributed by atoms with E-state index in [1.54, 1.807) is 54.6 Å². The maximum absolute atomic E-state index is 13.0. The van der Waals surface area contributed by atoms with Crippen molar-refractivity contribution in [2.45, 2.75) is 12.5 Å². The molecule has 0 N–H and O–H groups in total. The van der Waals surface area contributed by atoms with Crippen molar-refractivity contribution in [3.05, 3.63) is 111 Å². The highest BCUT2D eigenvalue weighted by Crippen LogP contribution is 2.25. The normalized spacial score (nSPS) is 11.5. The first-order chi connectivity index (χ1) is 13.9. The van der Waals surface area contributed by atoms with Gasteiger partial charge in [0.15, 0.2) is 6.10 Å². The number of ether oxygens (including phenoxy) is 1. The first-order valence-electron chi connectivity index (χ1n) is 8.71. The maximum Gasteiger partial charge on any atom is 0.311 e. The van der Waals surface area contributed by atoms with Crippen molar-refractivity contribution in [1.82, 2.24) is 0 Å². The van der Waals surface area contributed by atoms with Gasteiger partial charge in [-0.3, -0.25) is 19.7 Å². The van der Waals surface area contributed by atoms with E-state index in [0.29, 0.717) is 21.7 Å². The lowest BCUT2D eigenvalue weighted by Gasteiger charge is -2.17. The standard InChI is InChI=1S/C22H16ClNO5/c23-18-10-6-15(7-11-18)14-20(25)29-22(21(26)16-4-2-1-3-5-16)17-8-12-19(13-9-17)24(27)28/h1-13,22H,14H2/t22-/m0/s1. The predicted octanol–water partition coefficient (Wildman–Crippen LogP) is 4.96. The molecule has 29 heavy (non-hydrogen) atoms. The topological polar surface area (TPSA) is 86.5 Å². The smallest absolute Gasteiger partial charge is 0.311 e. The number of Topliss-reactive ketones (excluding diaryl/α,β-unsaturated/α-hetero) is 1. The number of non-ortho nitro benzene ring substituents is 1. The number of nitro groups is 1. The van der Waals surface area contributed by atoms with Crippen molar-refractivity contribution in [2.75, 3.05) is 0 Å². The summed E-state index contributed by atoms with van der Waals surface area (Å²) in [5.41, 5.74) is 1.30. The molecule has 0 aliphatic rings. The summed E-state index contributed by atoms with van der Waals surface area (Å²) in [5, 5.41) is 11.4. The van der Waals surface area contributed by atoms with E-state index in [4.69, 9.17) is 16.3 Å². The number of carbonyl (C=O) groups excluding carboxylic acids is 2. The number of nitrogens with zero attached hydrogens (tertiary/aromatic N) is 1. The van der Waals surface area contributed by atoms with Gasteiger partial charge in [-0.05, 0) is 29.8 Å². The van der Waals surface area contributed by atoms with Crippen LogP contribution < -0.4 is 0 Å². The van der Waals surface area contributed by atoms with E-state index in [2.05, 4.69) is 0 Å². The van der Waals surface area contributed by atoms with Gasteiger partial charge < -0.3 is 4.74 Å². The number of carbonyl (C=O) groups is 2. The van der Waals surface area contributed by atoms with Crippen LogP contribution >= 0.6 is 11.6 Å². The average Bonchev–Trinajstić information content (AvgIpc) is 2.74. The zero-order chi connectivity index (χ0) is 20.8. The number of rotatable bonds is 7. The van der Waals surface area contributed by atoms with Gasteiger partial charge in [-0.25, -0.2) is 0 Å². The van der Waals surface area contributed by atoms with Gasteiger partial charge in [-0.1, -0.05) is 54.1 Å². The van der Waals surface area contributed by atoms with Gasteiger partial charge in [0, 0.05) is 28.3 Å². The Morgan fingerprint density at radius 1 is 0.931 bits per heavy atom. The number of nitro benzene ring substituents is 1. The molecular formula is C22H16ClNO5. The molecule has 7 heteroatoms. The fourth-order valence-corrected chi connectivity index (χ4v) is 2.87. The zero-order valence-corrected chi connectivity index (χ0v) is 15.9. The third-order valence-corrected chi connectivity index (χ3v) is 4.47. The quantitative estimate of drug-likeness (QED) is 0.238. The molecule has 0 fully saturated rings. The Labute approximate surface area is 171 Å². The number of halogens is 1. The molecule has 0 aliphatic carbocycles. The van der Waals surface area contributed by atoms with E-state index >= 15 is 0 Å². The molecule has 0 saturated heterocycles. The molecule has 1 atom stereocenters. The molecule has 0 spiro atoms. The Kier molecular flexibility index (Phi) is 6.36. The molecule has 6 nitrogen and oxygen atoms in total. The van der Waals surface area contributed by atoms with Crippen LogP contribution in [0.2, 0.25) is 5.02 Å². The molecule has 0 saturated carbocycles. The molecule has 0 amide bonds. The van der Waals surface area contributed by atoms with Crippen LogP contribution in [0.15, 0.2) is 78.9 Å². The second-order valence-corrected chi connectivity index (χ2v) is 6.69. The van der Waals surface area contributed by atoms with Gasteiger partial charge in [0.25, 0.3) is 5.69 Å². The highest BCUT2D eigenvalue weighted by molar-refractivity contribution is 6.30. The molecule has 3 aromatic carbocycles. The number of hydrogen-bond acceptors (Lipinski definition) is 5. The van der Waals surface area contributed by atoms with Crippen LogP contribution in [0.5, 0.6) is 0 Å². The Morgan fingerprint density at radius 2 is 1.55 bits per heavy atom. The maximum atomic E-state index is 13.0. The number of esters is 1. The third-order valence-electron chi connectivity index (χ3n) is 4.21. The van der Waals surface area contributed by atoms with Gasteiger partial charge >= 0.3 is 5.97 Å². The third kappa shape index (κ3) is 5.27. The first kappa shape index (κ1) is 20.2. The van der Waals surface area contributed by atoms with E-state index in [0.717, 1.165) is 0 Å². The van der Waals surface area contributed by atoms with Crippen molar-refractivity contribution in [3.63, 3.8) is 0 Å². The first-order valence-corrected chi connectivity index (χ1v) is 9.09. The Balaban J connectivity index is 1.85. The zero-order valence-electron chi connectivity index (χ0n) is 15.2. The van der Waals surface area contributed by atoms with Crippen LogP contribution in [0, 0.1) is 10.1 Å². The van der Waals surface area contributed by atoms with Crippen LogP contribution in [0.1, 0.15) is 27.6 Å². The summed E-state index contributed by atoms with van der Waals surface area (Å²) in [5.74, 6) is -1.01. The molecule has 0 bridgehead atoms. The Hall–Kier alpha value is -3.51. The molecule has 0 aliphatic heterocycles. The minimum absolute atomic E-state index is 0.0390.